The largest absolute Gasteiger partial charge is 0.416 e. The lowest BCUT2D eigenvalue weighted by Gasteiger charge is -2.35. The number of alkyl halides is 3. The van der Waals surface area contributed by atoms with Crippen molar-refractivity contribution in [3.63, 3.8) is 0 Å². The van der Waals surface area contributed by atoms with E-state index in [0.29, 0.717) is 28.3 Å². The molecule has 27 heavy (non-hydrogen) atoms. The van der Waals surface area contributed by atoms with E-state index in [1.165, 1.54) is 17.4 Å². The van der Waals surface area contributed by atoms with Gasteiger partial charge in [0.25, 0.3) is 5.91 Å². The number of hydrogen-bond acceptors (Lipinski definition) is 4. The Hall–Kier alpha value is -1.93. The zero-order valence-electron chi connectivity index (χ0n) is 14.8. The van der Waals surface area contributed by atoms with Crippen LogP contribution >= 0.6 is 11.3 Å². The van der Waals surface area contributed by atoms with Crippen molar-refractivity contribution in [2.45, 2.75) is 50.0 Å². The van der Waals surface area contributed by atoms with Crippen LogP contribution in [-0.2, 0) is 6.18 Å². The number of hydrogen-bond donors (Lipinski definition) is 1. The fraction of sp³-hybridized carbons (Fsp3) is 0.474. The average Bonchev–Trinajstić information content (AvgIpc) is 3.26. The van der Waals surface area contributed by atoms with Crippen LogP contribution < -0.4 is 5.32 Å². The Morgan fingerprint density at radius 2 is 1.96 bits per heavy atom. The molecular formula is C19H20F3N3OS. The maximum absolute atomic E-state index is 12.9. The van der Waals surface area contributed by atoms with E-state index in [0.717, 1.165) is 37.8 Å². The Kier molecular flexibility index (Phi) is 4.71. The monoisotopic (exact) mass is 395 g/mol. The number of benzene rings is 1. The molecule has 0 saturated carbocycles. The first kappa shape index (κ1) is 18.4. The molecule has 2 aliphatic rings. The molecule has 0 spiro atoms. The molecule has 2 fully saturated rings. The smallest absolute Gasteiger partial charge is 0.337 e. The van der Waals surface area contributed by atoms with Gasteiger partial charge in [-0.15, -0.1) is 11.3 Å². The van der Waals surface area contributed by atoms with Gasteiger partial charge in [-0.25, -0.2) is 4.98 Å². The molecule has 1 aromatic heterocycles. The van der Waals surface area contributed by atoms with Gasteiger partial charge < -0.3 is 10.2 Å². The Labute approximate surface area is 159 Å². The van der Waals surface area contributed by atoms with Crippen molar-refractivity contribution in [2.75, 3.05) is 7.05 Å². The first-order valence-corrected chi connectivity index (χ1v) is 9.85. The average molecular weight is 395 g/mol. The maximum Gasteiger partial charge on any atom is 0.416 e. The van der Waals surface area contributed by atoms with Gasteiger partial charge in [-0.05, 0) is 37.8 Å². The minimum absolute atomic E-state index is 0.171. The van der Waals surface area contributed by atoms with E-state index in [4.69, 9.17) is 0 Å². The van der Waals surface area contributed by atoms with Crippen molar-refractivity contribution in [1.29, 1.82) is 0 Å². The summed E-state index contributed by atoms with van der Waals surface area (Å²) in [5.41, 5.74) is -0.0531. The van der Waals surface area contributed by atoms with Crippen LogP contribution in [0.5, 0.6) is 0 Å². The molecule has 2 saturated heterocycles. The molecular weight excluding hydrogens is 375 g/mol. The van der Waals surface area contributed by atoms with Gasteiger partial charge in [0.05, 0.1) is 5.56 Å². The quantitative estimate of drug-likeness (QED) is 0.848. The molecule has 0 radical (unpaired) electrons. The third-order valence-electron chi connectivity index (χ3n) is 5.48. The van der Waals surface area contributed by atoms with Gasteiger partial charge in [0.15, 0.2) is 0 Å². The van der Waals surface area contributed by atoms with E-state index < -0.39 is 11.7 Å². The second-order valence-corrected chi connectivity index (χ2v) is 8.15. The van der Waals surface area contributed by atoms with Crippen molar-refractivity contribution in [3.8, 4) is 10.6 Å². The molecule has 4 rings (SSSR count). The van der Waals surface area contributed by atoms with Gasteiger partial charge in [0.1, 0.15) is 10.7 Å². The van der Waals surface area contributed by atoms with Crippen LogP contribution in [0.25, 0.3) is 10.6 Å². The number of nitrogens with one attached hydrogen (secondary N) is 1. The van der Waals surface area contributed by atoms with Crippen LogP contribution in [0.15, 0.2) is 29.6 Å². The molecule has 1 aromatic carbocycles. The molecule has 144 valence electrons. The summed E-state index contributed by atoms with van der Waals surface area (Å²) in [5.74, 6) is -0.171. The Morgan fingerprint density at radius 1 is 1.26 bits per heavy atom. The number of carbonyl (C=O) groups excluding carboxylic acids is 1. The van der Waals surface area contributed by atoms with Gasteiger partial charge in [-0.3, -0.25) is 4.79 Å². The number of thiazole rings is 1. The Morgan fingerprint density at radius 3 is 2.63 bits per heavy atom. The first-order chi connectivity index (χ1) is 12.8. The summed E-state index contributed by atoms with van der Waals surface area (Å²) in [6.45, 7) is 0. The predicted molar refractivity (Wildman–Crippen MR) is 97.6 cm³/mol. The topological polar surface area (TPSA) is 45.2 Å². The van der Waals surface area contributed by atoms with Crippen molar-refractivity contribution < 1.29 is 18.0 Å². The molecule has 1 amide bonds. The minimum Gasteiger partial charge on any atom is -0.337 e. The van der Waals surface area contributed by atoms with Crippen LogP contribution in [-0.4, -0.2) is 41.0 Å². The molecule has 4 nitrogen and oxygen atoms in total. The summed E-state index contributed by atoms with van der Waals surface area (Å²) in [4.78, 5) is 18.9. The van der Waals surface area contributed by atoms with Gasteiger partial charge >= 0.3 is 6.18 Å². The van der Waals surface area contributed by atoms with Crippen molar-refractivity contribution in [2.24, 2.45) is 0 Å². The molecule has 2 aliphatic heterocycles. The highest BCUT2D eigenvalue weighted by molar-refractivity contribution is 7.13. The van der Waals surface area contributed by atoms with E-state index >= 15 is 0 Å². The molecule has 3 heterocycles. The summed E-state index contributed by atoms with van der Waals surface area (Å²) >= 11 is 1.19. The van der Waals surface area contributed by atoms with E-state index in [9.17, 15) is 18.0 Å². The third kappa shape index (κ3) is 3.73. The van der Waals surface area contributed by atoms with Gasteiger partial charge in [-0.2, -0.15) is 13.2 Å². The SMILES string of the molecule is CN(C(=O)c1csc(-c2cccc(C(F)(F)F)c2)n1)C1CC2CCC(C1)N2. The lowest BCUT2D eigenvalue weighted by atomic mass is 9.98. The summed E-state index contributed by atoms with van der Waals surface area (Å²) in [7, 11) is 1.79. The van der Waals surface area contributed by atoms with E-state index in [2.05, 4.69) is 10.3 Å². The summed E-state index contributed by atoms with van der Waals surface area (Å²) in [6, 6.07) is 6.16. The zero-order valence-corrected chi connectivity index (χ0v) is 15.6. The number of carbonyl (C=O) groups is 1. The summed E-state index contributed by atoms with van der Waals surface area (Å²) in [5, 5.41) is 5.60. The first-order valence-electron chi connectivity index (χ1n) is 8.97. The molecule has 1 N–H and O–H groups in total. The fourth-order valence-corrected chi connectivity index (χ4v) is 4.81. The van der Waals surface area contributed by atoms with Crippen LogP contribution in [0.4, 0.5) is 13.2 Å². The van der Waals surface area contributed by atoms with Crippen LogP contribution in [0.1, 0.15) is 41.7 Å². The zero-order chi connectivity index (χ0) is 19.2. The lowest BCUT2D eigenvalue weighted by molar-refractivity contribution is -0.137. The van der Waals surface area contributed by atoms with Gasteiger partial charge in [0.2, 0.25) is 0 Å². The van der Waals surface area contributed by atoms with Crippen molar-refractivity contribution >= 4 is 17.2 Å². The standard InChI is InChI=1S/C19H20F3N3OS/c1-25(15-8-13-5-6-14(9-15)23-13)18(26)16-10-27-17(24-16)11-3-2-4-12(7-11)19(20,21)22/h2-4,7,10,13-15,23H,5-6,8-9H2,1H3. The number of piperidine rings is 1. The predicted octanol–water partition coefficient (Wildman–Crippen LogP) is 4.18. The third-order valence-corrected chi connectivity index (χ3v) is 6.37. The molecule has 2 bridgehead atoms. The maximum atomic E-state index is 12.9. The number of amides is 1. The summed E-state index contributed by atoms with van der Waals surface area (Å²) in [6.07, 6.45) is -0.230. The van der Waals surface area contributed by atoms with Crippen molar-refractivity contribution in [1.82, 2.24) is 15.2 Å². The van der Waals surface area contributed by atoms with Gasteiger partial charge in [0, 0.05) is 36.1 Å². The molecule has 8 heteroatoms. The minimum atomic E-state index is -4.40. The highest BCUT2D eigenvalue weighted by Gasteiger charge is 2.37. The number of aromatic nitrogens is 1. The second-order valence-electron chi connectivity index (χ2n) is 7.30. The molecule has 2 aromatic rings. The summed E-state index contributed by atoms with van der Waals surface area (Å²) < 4.78 is 38.7. The number of halogens is 3. The van der Waals surface area contributed by atoms with Crippen LogP contribution in [0, 0.1) is 0 Å². The van der Waals surface area contributed by atoms with E-state index in [1.807, 2.05) is 0 Å². The van der Waals surface area contributed by atoms with E-state index in [-0.39, 0.29) is 11.9 Å². The normalized spacial score (nSPS) is 24.8. The molecule has 0 aliphatic carbocycles. The number of rotatable bonds is 3. The molecule has 2 unspecified atom stereocenters. The highest BCUT2D eigenvalue weighted by atomic mass is 32.1. The fourth-order valence-electron chi connectivity index (χ4n) is 4.02. The molecule has 2 atom stereocenters. The van der Waals surface area contributed by atoms with Crippen LogP contribution in [0.3, 0.4) is 0 Å². The Balaban J connectivity index is 1.51. The van der Waals surface area contributed by atoms with Crippen molar-refractivity contribution in [3.05, 3.63) is 40.9 Å². The lowest BCUT2D eigenvalue weighted by Crippen LogP contribution is -2.48. The van der Waals surface area contributed by atoms with Crippen LogP contribution in [0.2, 0.25) is 0 Å². The second kappa shape index (κ2) is 6.91. The highest BCUT2D eigenvalue weighted by Crippen LogP contribution is 2.34. The van der Waals surface area contributed by atoms with E-state index in [1.54, 1.807) is 23.4 Å². The Bertz CT molecular complexity index is 839. The number of fused-ring (bicyclic) bond motifs is 2. The van der Waals surface area contributed by atoms with Gasteiger partial charge in [-0.1, -0.05) is 12.1 Å². The number of nitrogens with zero attached hydrogens (tertiary/aromatic N) is 2.